The van der Waals surface area contributed by atoms with E-state index in [1.165, 1.54) is 0 Å². The predicted octanol–water partition coefficient (Wildman–Crippen LogP) is 3.48. The highest BCUT2D eigenvalue weighted by atomic mass is 16.5. The average Bonchev–Trinajstić information content (AvgIpc) is 3.23. The molecule has 1 aliphatic heterocycles. The fourth-order valence-electron chi connectivity index (χ4n) is 3.42. The number of fused-ring (bicyclic) bond motifs is 1. The molecule has 0 N–H and O–H groups in total. The second-order valence-corrected chi connectivity index (χ2v) is 6.89. The van der Waals surface area contributed by atoms with Crippen molar-refractivity contribution in [1.82, 2.24) is 10.1 Å². The number of benzene rings is 2. The van der Waals surface area contributed by atoms with Gasteiger partial charge in [-0.15, -0.1) is 0 Å². The molecule has 1 amide bonds. The molecule has 0 spiro atoms. The van der Waals surface area contributed by atoms with Crippen LogP contribution >= 0.6 is 0 Å². The van der Waals surface area contributed by atoms with Crippen LogP contribution in [0.15, 0.2) is 40.9 Å². The maximum atomic E-state index is 12.2. The molecule has 2 aromatic carbocycles. The largest absolute Gasteiger partial charge is 0.493 e. The third kappa shape index (κ3) is 3.80. The van der Waals surface area contributed by atoms with Gasteiger partial charge in [0.2, 0.25) is 11.7 Å². The summed E-state index contributed by atoms with van der Waals surface area (Å²) >= 11 is 0. The topological polar surface area (TPSA) is 86.9 Å². The molecule has 0 saturated carbocycles. The first kappa shape index (κ1) is 19.8. The van der Waals surface area contributed by atoms with Crippen molar-refractivity contribution in [2.75, 3.05) is 32.3 Å². The van der Waals surface area contributed by atoms with Crippen molar-refractivity contribution in [3.05, 3.63) is 47.9 Å². The molecule has 30 heavy (non-hydrogen) atoms. The van der Waals surface area contributed by atoms with E-state index >= 15 is 0 Å². The summed E-state index contributed by atoms with van der Waals surface area (Å²) in [6, 6.07) is 11.2. The molecule has 2 heterocycles. The highest BCUT2D eigenvalue weighted by Gasteiger charge is 2.25. The van der Waals surface area contributed by atoms with Crippen molar-refractivity contribution >= 4 is 11.6 Å². The van der Waals surface area contributed by atoms with Crippen molar-refractivity contribution < 1.29 is 23.5 Å². The number of hydrogen-bond acceptors (Lipinski definition) is 7. The Bertz CT molecular complexity index is 1060. The number of rotatable bonds is 7. The Morgan fingerprint density at radius 2 is 1.93 bits per heavy atom. The zero-order chi connectivity index (χ0) is 21.1. The summed E-state index contributed by atoms with van der Waals surface area (Å²) in [6.45, 7) is 2.73. The van der Waals surface area contributed by atoms with Crippen molar-refractivity contribution in [1.29, 1.82) is 0 Å². The molecule has 1 aliphatic rings. The van der Waals surface area contributed by atoms with Crippen LogP contribution in [-0.2, 0) is 11.2 Å². The van der Waals surface area contributed by atoms with Gasteiger partial charge in [-0.05, 0) is 42.3 Å². The molecule has 0 atom stereocenters. The molecule has 0 aliphatic carbocycles. The van der Waals surface area contributed by atoms with Crippen LogP contribution in [0.1, 0.15) is 24.8 Å². The van der Waals surface area contributed by atoms with Crippen LogP contribution in [0.4, 0.5) is 5.69 Å². The smallest absolute Gasteiger partial charge is 0.265 e. The quantitative estimate of drug-likeness (QED) is 0.590. The second kappa shape index (κ2) is 8.44. The first-order valence-corrected chi connectivity index (χ1v) is 9.74. The minimum absolute atomic E-state index is 0.0521. The molecule has 0 fully saturated rings. The molecular weight excluding hydrogens is 386 g/mol. The molecule has 8 nitrogen and oxygen atoms in total. The van der Waals surface area contributed by atoms with Crippen LogP contribution in [0, 0.1) is 0 Å². The average molecular weight is 409 g/mol. The van der Waals surface area contributed by atoms with Gasteiger partial charge in [0.1, 0.15) is 5.75 Å². The normalized spacial score (nSPS) is 13.0. The van der Waals surface area contributed by atoms with Crippen LogP contribution in [0.25, 0.3) is 11.4 Å². The van der Waals surface area contributed by atoms with Crippen LogP contribution in [0.2, 0.25) is 0 Å². The Morgan fingerprint density at radius 3 is 2.70 bits per heavy atom. The molecule has 0 radical (unpaired) electrons. The van der Waals surface area contributed by atoms with E-state index in [-0.39, 0.29) is 12.5 Å². The van der Waals surface area contributed by atoms with E-state index in [0.717, 1.165) is 23.2 Å². The molecular formula is C22H23N3O5. The first-order valence-electron chi connectivity index (χ1n) is 9.74. The van der Waals surface area contributed by atoms with Gasteiger partial charge in [-0.3, -0.25) is 4.79 Å². The van der Waals surface area contributed by atoms with Crippen molar-refractivity contribution in [3.8, 4) is 28.6 Å². The zero-order valence-electron chi connectivity index (χ0n) is 17.2. The van der Waals surface area contributed by atoms with E-state index in [2.05, 4.69) is 10.1 Å². The minimum Gasteiger partial charge on any atom is -0.493 e. The van der Waals surface area contributed by atoms with Crippen molar-refractivity contribution in [2.24, 2.45) is 0 Å². The number of nitrogens with zero attached hydrogens (tertiary/aromatic N) is 3. The molecule has 0 bridgehead atoms. The van der Waals surface area contributed by atoms with Gasteiger partial charge >= 0.3 is 0 Å². The number of aromatic nitrogens is 2. The number of anilines is 1. The molecule has 8 heteroatoms. The monoisotopic (exact) mass is 409 g/mol. The fraction of sp³-hybridized carbons (Fsp3) is 0.318. The molecule has 4 rings (SSSR count). The molecule has 3 aromatic rings. The molecule has 156 valence electrons. The number of methoxy groups -OCH3 is 2. The maximum absolute atomic E-state index is 12.2. The molecule has 0 unspecified atom stereocenters. The zero-order valence-corrected chi connectivity index (χ0v) is 17.2. The van der Waals surface area contributed by atoms with E-state index < -0.39 is 0 Å². The third-order valence-electron chi connectivity index (χ3n) is 4.88. The highest BCUT2D eigenvalue weighted by molar-refractivity contribution is 5.98. The molecule has 0 saturated heterocycles. The van der Waals surface area contributed by atoms with Crippen LogP contribution in [-0.4, -0.2) is 43.4 Å². The maximum Gasteiger partial charge on any atom is 0.265 e. The van der Waals surface area contributed by atoms with E-state index in [4.69, 9.17) is 18.7 Å². The lowest BCUT2D eigenvalue weighted by Gasteiger charge is -2.29. The van der Waals surface area contributed by atoms with E-state index in [1.54, 1.807) is 19.1 Å². The fourth-order valence-corrected chi connectivity index (χ4v) is 3.42. The highest BCUT2D eigenvalue weighted by Crippen LogP contribution is 2.35. The Labute approximate surface area is 174 Å². The lowest BCUT2D eigenvalue weighted by atomic mass is 10.1. The lowest BCUT2D eigenvalue weighted by molar-refractivity contribution is -0.121. The summed E-state index contributed by atoms with van der Waals surface area (Å²) in [5, 5.41) is 4.11. The van der Waals surface area contributed by atoms with Crippen LogP contribution in [0.3, 0.4) is 0 Å². The lowest BCUT2D eigenvalue weighted by Crippen LogP contribution is -2.39. The summed E-state index contributed by atoms with van der Waals surface area (Å²) in [6.07, 6.45) is 1.31. The Hall–Kier alpha value is -3.55. The minimum atomic E-state index is -0.0521. The third-order valence-corrected chi connectivity index (χ3v) is 4.88. The van der Waals surface area contributed by atoms with Gasteiger partial charge in [-0.1, -0.05) is 18.1 Å². The summed E-state index contributed by atoms with van der Waals surface area (Å²) < 4.78 is 21.6. The standard InChI is InChI=1S/C22H23N3O5/c1-4-9-25-16-12-15(6-8-17(16)29-13-21(25)26)22-23-20(30-24-22)11-14-5-7-18(27-2)19(10-14)28-3/h5-8,10,12H,4,9,11,13H2,1-3H3. The van der Waals surface area contributed by atoms with Gasteiger partial charge in [0, 0.05) is 12.1 Å². The van der Waals surface area contributed by atoms with Gasteiger partial charge in [0.25, 0.3) is 5.91 Å². The number of carbonyl (C=O) groups is 1. The van der Waals surface area contributed by atoms with Gasteiger partial charge in [-0.25, -0.2) is 0 Å². The SMILES string of the molecule is CCCN1C(=O)COc2ccc(-c3noc(Cc4ccc(OC)c(OC)c4)n3)cc21. The second-order valence-electron chi connectivity index (χ2n) is 6.89. The number of hydrogen-bond donors (Lipinski definition) is 0. The van der Waals surface area contributed by atoms with Gasteiger partial charge in [0.05, 0.1) is 26.3 Å². The van der Waals surface area contributed by atoms with E-state index in [9.17, 15) is 4.79 Å². The summed E-state index contributed by atoms with van der Waals surface area (Å²) in [4.78, 5) is 18.5. The van der Waals surface area contributed by atoms with Gasteiger partial charge in [0.15, 0.2) is 18.1 Å². The predicted molar refractivity (Wildman–Crippen MR) is 110 cm³/mol. The Morgan fingerprint density at radius 1 is 1.10 bits per heavy atom. The van der Waals surface area contributed by atoms with Gasteiger partial charge < -0.3 is 23.6 Å². The summed E-state index contributed by atoms with van der Waals surface area (Å²) in [5.74, 6) is 2.88. The Balaban J connectivity index is 1.58. The summed E-state index contributed by atoms with van der Waals surface area (Å²) in [7, 11) is 3.19. The van der Waals surface area contributed by atoms with E-state index in [0.29, 0.717) is 41.9 Å². The van der Waals surface area contributed by atoms with Gasteiger partial charge in [-0.2, -0.15) is 4.98 Å². The number of amides is 1. The number of ether oxygens (including phenoxy) is 3. The van der Waals surface area contributed by atoms with E-state index in [1.807, 2.05) is 43.3 Å². The van der Waals surface area contributed by atoms with Crippen molar-refractivity contribution in [2.45, 2.75) is 19.8 Å². The Kier molecular flexibility index (Phi) is 5.56. The first-order chi connectivity index (χ1) is 14.6. The van der Waals surface area contributed by atoms with Crippen LogP contribution in [0.5, 0.6) is 17.2 Å². The van der Waals surface area contributed by atoms with Crippen molar-refractivity contribution in [3.63, 3.8) is 0 Å². The molecule has 1 aromatic heterocycles. The number of carbonyl (C=O) groups excluding carboxylic acids is 1. The van der Waals surface area contributed by atoms with Crippen LogP contribution < -0.4 is 19.1 Å². The summed E-state index contributed by atoms with van der Waals surface area (Å²) in [5.41, 5.74) is 2.45.